The van der Waals surface area contributed by atoms with Crippen LogP contribution in [0.1, 0.15) is 22.3 Å². The minimum Gasteiger partial charge on any atom is -0.478 e. The van der Waals surface area contributed by atoms with Gasteiger partial charge in [-0.2, -0.15) is 11.8 Å². The lowest BCUT2D eigenvalue weighted by Gasteiger charge is -2.09. The van der Waals surface area contributed by atoms with Crippen LogP contribution in [0, 0.1) is 6.92 Å². The zero-order chi connectivity index (χ0) is 14.5. The van der Waals surface area contributed by atoms with Crippen LogP contribution in [0.3, 0.4) is 0 Å². The second-order valence-corrected chi connectivity index (χ2v) is 6.75. The van der Waals surface area contributed by atoms with Gasteiger partial charge in [-0.3, -0.25) is 0 Å². The number of thioether (sulfide) groups is 1. The summed E-state index contributed by atoms with van der Waals surface area (Å²) in [5.74, 6) is -0.268. The minimum absolute atomic E-state index is 0.0246. The topological polar surface area (TPSA) is 83.5 Å². The van der Waals surface area contributed by atoms with Crippen LogP contribution in [0.4, 0.5) is 0 Å². The smallest absolute Gasteiger partial charge is 0.335 e. The lowest BCUT2D eigenvalue weighted by Crippen LogP contribution is -2.26. The summed E-state index contributed by atoms with van der Waals surface area (Å²) in [5.41, 5.74) is 0.498. The second kappa shape index (κ2) is 6.93. The predicted octanol–water partition coefficient (Wildman–Crippen LogP) is 1.72. The fraction of sp³-hybridized carbons (Fsp3) is 0.417. The van der Waals surface area contributed by atoms with E-state index < -0.39 is 16.0 Å². The van der Waals surface area contributed by atoms with Crippen LogP contribution in [-0.4, -0.2) is 38.0 Å². The highest BCUT2D eigenvalue weighted by atomic mass is 32.2. The Morgan fingerprint density at radius 3 is 2.68 bits per heavy atom. The maximum atomic E-state index is 12.1. The summed E-state index contributed by atoms with van der Waals surface area (Å²) in [6, 6.07) is 4.08. The molecule has 0 saturated carbocycles. The monoisotopic (exact) mass is 303 g/mol. The molecule has 0 aliphatic rings. The molecular formula is C12H17NO4S2. The lowest BCUT2D eigenvalue weighted by molar-refractivity contribution is 0.0696. The van der Waals surface area contributed by atoms with Crippen molar-refractivity contribution in [2.45, 2.75) is 18.2 Å². The van der Waals surface area contributed by atoms with Crippen molar-refractivity contribution in [2.24, 2.45) is 0 Å². The number of rotatable bonds is 7. The van der Waals surface area contributed by atoms with Crippen molar-refractivity contribution in [1.82, 2.24) is 4.72 Å². The van der Waals surface area contributed by atoms with Crippen molar-refractivity contribution in [2.75, 3.05) is 18.6 Å². The largest absolute Gasteiger partial charge is 0.478 e. The van der Waals surface area contributed by atoms with Gasteiger partial charge in [-0.05, 0) is 43.0 Å². The average molecular weight is 303 g/mol. The average Bonchev–Trinajstić information content (AvgIpc) is 2.34. The third-order valence-corrected chi connectivity index (χ3v) is 4.84. The number of aryl methyl sites for hydroxylation is 1. The Labute approximate surface area is 117 Å². The van der Waals surface area contributed by atoms with E-state index in [0.29, 0.717) is 12.1 Å². The van der Waals surface area contributed by atoms with Crippen molar-refractivity contribution < 1.29 is 18.3 Å². The summed E-state index contributed by atoms with van der Waals surface area (Å²) in [4.78, 5) is 10.9. The van der Waals surface area contributed by atoms with Gasteiger partial charge in [0.05, 0.1) is 10.5 Å². The molecule has 106 valence electrons. The summed E-state index contributed by atoms with van der Waals surface area (Å²) in [6.07, 6.45) is 2.69. The zero-order valence-corrected chi connectivity index (χ0v) is 12.5. The summed E-state index contributed by atoms with van der Waals surface area (Å²) in [7, 11) is -3.65. The summed E-state index contributed by atoms with van der Waals surface area (Å²) >= 11 is 1.64. The second-order valence-electron chi connectivity index (χ2n) is 4.03. The Bertz CT molecular complexity index is 555. The Morgan fingerprint density at radius 2 is 2.11 bits per heavy atom. The van der Waals surface area contributed by atoms with Crippen LogP contribution in [0.15, 0.2) is 23.1 Å². The number of sulfonamides is 1. The van der Waals surface area contributed by atoms with Crippen molar-refractivity contribution in [3.05, 3.63) is 29.3 Å². The van der Waals surface area contributed by atoms with Gasteiger partial charge in [-0.25, -0.2) is 17.9 Å². The molecule has 0 unspecified atom stereocenters. The first-order valence-corrected chi connectivity index (χ1v) is 8.58. The maximum Gasteiger partial charge on any atom is 0.335 e. The third-order valence-electron chi connectivity index (χ3n) is 2.54. The van der Waals surface area contributed by atoms with Gasteiger partial charge in [0, 0.05) is 6.54 Å². The molecule has 0 aliphatic carbocycles. The number of carboxylic acid groups (broad SMARTS) is 1. The molecule has 0 atom stereocenters. The van der Waals surface area contributed by atoms with Gasteiger partial charge in [0.2, 0.25) is 10.0 Å². The van der Waals surface area contributed by atoms with Gasteiger partial charge < -0.3 is 5.11 Å². The van der Waals surface area contributed by atoms with E-state index in [-0.39, 0.29) is 10.5 Å². The SMILES string of the molecule is CSCCCNS(=O)(=O)c1cc(C(=O)O)ccc1C. The van der Waals surface area contributed by atoms with Crippen molar-refractivity contribution in [1.29, 1.82) is 0 Å². The number of carboxylic acids is 1. The molecule has 2 N–H and O–H groups in total. The van der Waals surface area contributed by atoms with E-state index in [9.17, 15) is 13.2 Å². The number of benzene rings is 1. The van der Waals surface area contributed by atoms with Crippen LogP contribution in [0.5, 0.6) is 0 Å². The van der Waals surface area contributed by atoms with Crippen molar-refractivity contribution >= 4 is 27.8 Å². The Hall–Kier alpha value is -1.05. The third kappa shape index (κ3) is 4.52. The molecule has 7 heteroatoms. The molecule has 1 rings (SSSR count). The van der Waals surface area contributed by atoms with Crippen LogP contribution in [0.25, 0.3) is 0 Å². The molecule has 0 amide bonds. The van der Waals surface area contributed by atoms with Gasteiger partial charge in [0.25, 0.3) is 0 Å². The number of hydrogen-bond donors (Lipinski definition) is 2. The molecule has 0 spiro atoms. The highest BCUT2D eigenvalue weighted by molar-refractivity contribution is 7.98. The molecule has 0 bridgehead atoms. The molecule has 19 heavy (non-hydrogen) atoms. The summed E-state index contributed by atoms with van der Waals surface area (Å²) in [6.45, 7) is 1.99. The van der Waals surface area contributed by atoms with Gasteiger partial charge in [-0.15, -0.1) is 0 Å². The molecule has 0 aliphatic heterocycles. The molecule has 1 aromatic rings. The lowest BCUT2D eigenvalue weighted by atomic mass is 10.1. The Kier molecular flexibility index (Phi) is 5.84. The predicted molar refractivity (Wildman–Crippen MR) is 76.3 cm³/mol. The molecule has 0 heterocycles. The fourth-order valence-electron chi connectivity index (χ4n) is 1.52. The van der Waals surface area contributed by atoms with Gasteiger partial charge in [0.15, 0.2) is 0 Å². The molecule has 0 fully saturated rings. The highest BCUT2D eigenvalue weighted by Gasteiger charge is 2.18. The zero-order valence-electron chi connectivity index (χ0n) is 10.8. The molecule has 0 radical (unpaired) electrons. The molecule has 5 nitrogen and oxygen atoms in total. The Morgan fingerprint density at radius 1 is 1.42 bits per heavy atom. The van der Waals surface area contributed by atoms with E-state index in [1.54, 1.807) is 18.7 Å². The highest BCUT2D eigenvalue weighted by Crippen LogP contribution is 2.17. The normalized spacial score (nSPS) is 11.5. The molecular weight excluding hydrogens is 286 g/mol. The van der Waals surface area contributed by atoms with E-state index in [2.05, 4.69) is 4.72 Å². The van der Waals surface area contributed by atoms with E-state index in [0.717, 1.165) is 12.2 Å². The van der Waals surface area contributed by atoms with Gasteiger partial charge >= 0.3 is 5.97 Å². The standard InChI is InChI=1S/C12H17NO4S2/c1-9-4-5-10(12(14)15)8-11(9)19(16,17)13-6-3-7-18-2/h4-5,8,13H,3,6-7H2,1-2H3,(H,14,15). The van der Waals surface area contributed by atoms with E-state index in [1.807, 2.05) is 6.26 Å². The fourth-order valence-corrected chi connectivity index (χ4v) is 3.30. The van der Waals surface area contributed by atoms with Crippen LogP contribution in [0.2, 0.25) is 0 Å². The van der Waals surface area contributed by atoms with Crippen LogP contribution in [-0.2, 0) is 10.0 Å². The van der Waals surface area contributed by atoms with E-state index in [4.69, 9.17) is 5.11 Å². The summed E-state index contributed by atoms with van der Waals surface area (Å²) in [5, 5.41) is 8.89. The minimum atomic E-state index is -3.65. The van der Waals surface area contributed by atoms with Crippen LogP contribution >= 0.6 is 11.8 Å². The van der Waals surface area contributed by atoms with E-state index >= 15 is 0 Å². The number of carbonyl (C=O) groups is 1. The quantitative estimate of drug-likeness (QED) is 0.749. The number of aromatic carboxylic acids is 1. The first-order valence-electron chi connectivity index (χ1n) is 5.71. The number of hydrogen-bond acceptors (Lipinski definition) is 4. The molecule has 0 aromatic heterocycles. The first-order chi connectivity index (χ1) is 8.88. The summed E-state index contributed by atoms with van der Waals surface area (Å²) < 4.78 is 26.6. The van der Waals surface area contributed by atoms with Gasteiger partial charge in [0.1, 0.15) is 0 Å². The first kappa shape index (κ1) is 16.0. The molecule has 1 aromatic carbocycles. The maximum absolute atomic E-state index is 12.1. The van der Waals surface area contributed by atoms with Gasteiger partial charge in [-0.1, -0.05) is 6.07 Å². The molecule has 0 saturated heterocycles. The van der Waals surface area contributed by atoms with Crippen LogP contribution < -0.4 is 4.72 Å². The van der Waals surface area contributed by atoms with Crippen molar-refractivity contribution in [3.8, 4) is 0 Å². The number of nitrogens with one attached hydrogen (secondary N) is 1. The van der Waals surface area contributed by atoms with Crippen molar-refractivity contribution in [3.63, 3.8) is 0 Å². The Balaban J connectivity index is 2.94. The van der Waals surface area contributed by atoms with E-state index in [1.165, 1.54) is 18.2 Å².